The number of para-hydroxylation sites is 1. The Morgan fingerprint density at radius 3 is 2.45 bits per heavy atom. The number of hydrogen-bond acceptors (Lipinski definition) is 5. The zero-order valence-corrected chi connectivity index (χ0v) is 18.9. The molecule has 1 N–H and O–H groups in total. The van der Waals surface area contributed by atoms with Gasteiger partial charge in [0, 0.05) is 0 Å². The second kappa shape index (κ2) is 9.36. The van der Waals surface area contributed by atoms with Crippen molar-refractivity contribution in [2.75, 3.05) is 5.75 Å². The molecular formula is C24H26N4O2S. The molecule has 0 spiro atoms. The molecule has 0 saturated heterocycles. The third kappa shape index (κ3) is 4.80. The third-order valence-corrected chi connectivity index (χ3v) is 6.52. The van der Waals surface area contributed by atoms with Gasteiger partial charge in [-0.05, 0) is 37.5 Å². The molecular weight excluding hydrogens is 408 g/mol. The lowest BCUT2D eigenvalue weighted by atomic mass is 9.90. The average molecular weight is 435 g/mol. The van der Waals surface area contributed by atoms with E-state index in [9.17, 15) is 14.9 Å². The van der Waals surface area contributed by atoms with Crippen molar-refractivity contribution in [3.8, 4) is 6.07 Å². The summed E-state index contributed by atoms with van der Waals surface area (Å²) in [4.78, 5) is 30.6. The Labute approximate surface area is 186 Å². The van der Waals surface area contributed by atoms with Crippen LogP contribution in [0.3, 0.4) is 0 Å². The Hall–Kier alpha value is -3.11. The number of nitrogens with one attached hydrogen (secondary N) is 1. The van der Waals surface area contributed by atoms with Crippen molar-refractivity contribution in [3.05, 3.63) is 70.5 Å². The van der Waals surface area contributed by atoms with Crippen LogP contribution in [0.5, 0.6) is 0 Å². The maximum absolute atomic E-state index is 13.3. The van der Waals surface area contributed by atoms with E-state index in [4.69, 9.17) is 0 Å². The van der Waals surface area contributed by atoms with E-state index in [1.54, 1.807) is 23.6 Å². The van der Waals surface area contributed by atoms with Crippen LogP contribution in [0.4, 0.5) is 0 Å². The highest BCUT2D eigenvalue weighted by molar-refractivity contribution is 7.99. The van der Waals surface area contributed by atoms with Crippen molar-refractivity contribution in [2.45, 2.75) is 44.4 Å². The van der Waals surface area contributed by atoms with Crippen LogP contribution < -0.4 is 10.9 Å². The lowest BCUT2D eigenvalue weighted by molar-refractivity contribution is -0.120. The first-order valence-corrected chi connectivity index (χ1v) is 11.2. The van der Waals surface area contributed by atoms with Gasteiger partial charge in [0.05, 0.1) is 28.8 Å². The molecule has 0 radical (unpaired) electrons. The number of amides is 1. The van der Waals surface area contributed by atoms with Crippen LogP contribution in [0.15, 0.2) is 64.5 Å². The number of benzene rings is 2. The molecule has 1 aromatic heterocycles. The summed E-state index contributed by atoms with van der Waals surface area (Å²) in [7, 11) is 0. The predicted octanol–water partition coefficient (Wildman–Crippen LogP) is 4.15. The van der Waals surface area contributed by atoms with E-state index in [0.29, 0.717) is 16.1 Å². The SMILES string of the molecule is CC(C)[C@](C)(C#N)NC(=O)CSc1nc2ccccc2c(=O)n1[C@H](C)c1ccccc1. The Kier molecular flexibility index (Phi) is 6.81. The highest BCUT2D eigenvalue weighted by Crippen LogP contribution is 2.25. The van der Waals surface area contributed by atoms with Crippen molar-refractivity contribution in [2.24, 2.45) is 5.92 Å². The third-order valence-electron chi connectivity index (χ3n) is 5.56. The first-order valence-electron chi connectivity index (χ1n) is 10.2. The van der Waals surface area contributed by atoms with Crippen LogP contribution in [0.25, 0.3) is 10.9 Å². The number of nitriles is 1. The summed E-state index contributed by atoms with van der Waals surface area (Å²) in [6.45, 7) is 7.44. The van der Waals surface area contributed by atoms with Gasteiger partial charge in [0.25, 0.3) is 5.56 Å². The number of nitrogens with zero attached hydrogens (tertiary/aromatic N) is 3. The normalized spacial score (nSPS) is 14.1. The Bertz CT molecular complexity index is 1180. The Balaban J connectivity index is 1.97. The fourth-order valence-electron chi connectivity index (χ4n) is 3.21. The molecule has 2 atom stereocenters. The van der Waals surface area contributed by atoms with E-state index in [1.165, 1.54) is 11.8 Å². The molecule has 0 unspecified atom stereocenters. The van der Waals surface area contributed by atoms with Crippen molar-refractivity contribution in [3.63, 3.8) is 0 Å². The topological polar surface area (TPSA) is 87.8 Å². The summed E-state index contributed by atoms with van der Waals surface area (Å²) < 4.78 is 1.64. The summed E-state index contributed by atoms with van der Waals surface area (Å²) in [6, 6.07) is 18.9. The minimum atomic E-state index is -0.953. The van der Waals surface area contributed by atoms with Gasteiger partial charge in [0.2, 0.25) is 5.91 Å². The van der Waals surface area contributed by atoms with Crippen molar-refractivity contribution < 1.29 is 4.79 Å². The van der Waals surface area contributed by atoms with Gasteiger partial charge in [0.15, 0.2) is 5.16 Å². The molecule has 7 heteroatoms. The van der Waals surface area contributed by atoms with E-state index in [0.717, 1.165) is 5.56 Å². The largest absolute Gasteiger partial charge is 0.337 e. The van der Waals surface area contributed by atoms with Crippen molar-refractivity contribution in [1.29, 1.82) is 5.26 Å². The predicted molar refractivity (Wildman–Crippen MR) is 124 cm³/mol. The second-order valence-electron chi connectivity index (χ2n) is 7.98. The van der Waals surface area contributed by atoms with Gasteiger partial charge < -0.3 is 5.32 Å². The molecule has 0 aliphatic heterocycles. The van der Waals surface area contributed by atoms with E-state index in [1.807, 2.05) is 63.2 Å². The lowest BCUT2D eigenvalue weighted by Crippen LogP contribution is -2.49. The maximum atomic E-state index is 13.3. The zero-order chi connectivity index (χ0) is 22.6. The number of hydrogen-bond donors (Lipinski definition) is 1. The lowest BCUT2D eigenvalue weighted by Gasteiger charge is -2.27. The van der Waals surface area contributed by atoms with Crippen LogP contribution in [0.1, 0.15) is 39.3 Å². The molecule has 3 aromatic rings. The van der Waals surface area contributed by atoms with Crippen LogP contribution in [-0.4, -0.2) is 26.8 Å². The van der Waals surface area contributed by atoms with E-state index < -0.39 is 5.54 Å². The quantitative estimate of drug-likeness (QED) is 0.446. The summed E-state index contributed by atoms with van der Waals surface area (Å²) in [5.41, 5.74) is 0.473. The summed E-state index contributed by atoms with van der Waals surface area (Å²) >= 11 is 1.20. The van der Waals surface area contributed by atoms with Gasteiger partial charge in [-0.25, -0.2) is 4.98 Å². The first kappa shape index (κ1) is 22.6. The molecule has 160 valence electrons. The van der Waals surface area contributed by atoms with Gasteiger partial charge in [-0.2, -0.15) is 5.26 Å². The van der Waals surface area contributed by atoms with Crippen molar-refractivity contribution in [1.82, 2.24) is 14.9 Å². The molecule has 2 aromatic carbocycles. The average Bonchev–Trinajstić information content (AvgIpc) is 2.77. The summed E-state index contributed by atoms with van der Waals surface area (Å²) in [5.74, 6) is -0.262. The number of rotatable bonds is 7. The van der Waals surface area contributed by atoms with E-state index in [2.05, 4.69) is 16.4 Å². The van der Waals surface area contributed by atoms with E-state index >= 15 is 0 Å². The molecule has 0 fully saturated rings. The van der Waals surface area contributed by atoms with Crippen LogP contribution in [-0.2, 0) is 4.79 Å². The molecule has 6 nitrogen and oxygen atoms in total. The second-order valence-corrected chi connectivity index (χ2v) is 8.92. The van der Waals surface area contributed by atoms with Gasteiger partial charge in [-0.15, -0.1) is 0 Å². The minimum absolute atomic E-state index is 0.0403. The highest BCUT2D eigenvalue weighted by atomic mass is 32.2. The summed E-state index contributed by atoms with van der Waals surface area (Å²) in [5, 5.41) is 13.3. The Morgan fingerprint density at radius 2 is 1.81 bits per heavy atom. The number of aromatic nitrogens is 2. The summed E-state index contributed by atoms with van der Waals surface area (Å²) in [6.07, 6.45) is 0. The number of carbonyl (C=O) groups excluding carboxylic acids is 1. The molecule has 1 heterocycles. The molecule has 0 bridgehead atoms. The van der Waals surface area contributed by atoms with Gasteiger partial charge in [0.1, 0.15) is 5.54 Å². The van der Waals surface area contributed by atoms with Crippen LogP contribution in [0, 0.1) is 17.2 Å². The Morgan fingerprint density at radius 1 is 1.16 bits per heavy atom. The highest BCUT2D eigenvalue weighted by Gasteiger charge is 2.30. The van der Waals surface area contributed by atoms with E-state index in [-0.39, 0.29) is 29.2 Å². The number of carbonyl (C=O) groups is 1. The molecule has 3 rings (SSSR count). The first-order chi connectivity index (χ1) is 14.8. The maximum Gasteiger partial charge on any atom is 0.262 e. The number of fused-ring (bicyclic) bond motifs is 1. The molecule has 31 heavy (non-hydrogen) atoms. The van der Waals surface area contributed by atoms with Crippen LogP contribution >= 0.6 is 11.8 Å². The number of thioether (sulfide) groups is 1. The monoisotopic (exact) mass is 434 g/mol. The smallest absolute Gasteiger partial charge is 0.262 e. The molecule has 0 aliphatic carbocycles. The fraction of sp³-hybridized carbons (Fsp3) is 0.333. The molecule has 0 saturated carbocycles. The van der Waals surface area contributed by atoms with Crippen molar-refractivity contribution >= 4 is 28.6 Å². The zero-order valence-electron chi connectivity index (χ0n) is 18.1. The van der Waals surface area contributed by atoms with Gasteiger partial charge in [-0.3, -0.25) is 14.2 Å². The fourth-order valence-corrected chi connectivity index (χ4v) is 4.08. The molecule has 0 aliphatic rings. The molecule has 1 amide bonds. The van der Waals surface area contributed by atoms with Gasteiger partial charge >= 0.3 is 0 Å². The van der Waals surface area contributed by atoms with Crippen LogP contribution in [0.2, 0.25) is 0 Å². The minimum Gasteiger partial charge on any atom is -0.337 e. The standard InChI is InChI=1S/C24H26N4O2S/c1-16(2)24(4,15-25)27-21(29)14-31-23-26-20-13-9-8-12-19(20)22(30)28(23)17(3)18-10-6-5-7-11-18/h5-13,16-17H,14H2,1-4H3,(H,27,29)/t17-,24+/m1/s1. The van der Waals surface area contributed by atoms with Gasteiger partial charge in [-0.1, -0.05) is 68.1 Å².